The molecule has 0 aromatic heterocycles. The molecule has 2 heterocycles. The average Bonchev–Trinajstić information content (AvgIpc) is 3.94. The summed E-state index contributed by atoms with van der Waals surface area (Å²) >= 11 is 0. The van der Waals surface area contributed by atoms with Crippen LogP contribution in [0.25, 0.3) is 5.57 Å². The highest BCUT2D eigenvalue weighted by Crippen LogP contribution is 2.38. The summed E-state index contributed by atoms with van der Waals surface area (Å²) in [7, 11) is 0. The number of carboxylic acids is 1. The molecule has 1 aliphatic carbocycles. The molecule has 9 nitrogen and oxygen atoms in total. The molecule has 0 unspecified atom stereocenters. The van der Waals surface area contributed by atoms with Crippen LogP contribution >= 0.6 is 0 Å². The molecule has 3 aromatic carbocycles. The Bertz CT molecular complexity index is 1820. The number of ether oxygens (including phenoxy) is 1. The van der Waals surface area contributed by atoms with E-state index in [1.165, 1.54) is 6.07 Å². The number of nitrogens with zero attached hydrogens (tertiary/aromatic N) is 2. The van der Waals surface area contributed by atoms with Gasteiger partial charge in [0.25, 0.3) is 5.91 Å². The average molecular weight is 710 g/mol. The number of carboxylic acid groups (broad SMARTS) is 1. The molecule has 3 aromatic rings. The maximum Gasteiger partial charge on any atom is 0.305 e. The van der Waals surface area contributed by atoms with Gasteiger partial charge in [-0.15, -0.1) is 0 Å². The Labute approximate surface area is 292 Å². The van der Waals surface area contributed by atoms with E-state index in [1.54, 1.807) is 28.0 Å². The van der Waals surface area contributed by atoms with Crippen molar-refractivity contribution in [3.63, 3.8) is 0 Å². The second kappa shape index (κ2) is 15.6. The maximum absolute atomic E-state index is 14.8. The number of benzene rings is 3. The zero-order chi connectivity index (χ0) is 36.2. The third-order valence-corrected chi connectivity index (χ3v) is 9.52. The lowest BCUT2D eigenvalue weighted by Gasteiger charge is -2.45. The standard InChI is InChI=1S/C38H39F4N3O6/c39-29-6-2-1-5-24(29)19-45(26-11-12-26)38(50)35-28(16-25-20-44(21-32(35)43-25)33(47)17-27(46)18-34(48)49)23-9-7-22(8-10-23)4-3-15-51-37-31(41)14-13-30(40)36(37)42/h1-2,5-10,13-14,25-27,32,43,46H,3-4,11-12,15-21H2,(H,48,49)/t25-,27+,32-/m1/s1. The molecule has 3 atom stereocenters. The van der Waals surface area contributed by atoms with E-state index in [0.717, 1.165) is 35.6 Å². The van der Waals surface area contributed by atoms with Crippen LogP contribution in [0.2, 0.25) is 0 Å². The molecule has 270 valence electrons. The molecule has 3 aliphatic rings. The van der Waals surface area contributed by atoms with Gasteiger partial charge in [0.15, 0.2) is 17.4 Å². The number of amides is 2. The van der Waals surface area contributed by atoms with Crippen molar-refractivity contribution in [2.24, 2.45) is 0 Å². The minimum atomic E-state index is -1.37. The fraction of sp³-hybridized carbons (Fsp3) is 0.395. The molecule has 0 radical (unpaired) electrons. The number of halogens is 4. The van der Waals surface area contributed by atoms with Crippen molar-refractivity contribution in [2.75, 3.05) is 19.7 Å². The highest BCUT2D eigenvalue weighted by molar-refractivity contribution is 6.03. The number of hydrogen-bond donors (Lipinski definition) is 3. The Morgan fingerprint density at radius 1 is 0.922 bits per heavy atom. The van der Waals surface area contributed by atoms with Crippen LogP contribution in [0.5, 0.6) is 5.75 Å². The number of aliphatic hydroxyl groups is 1. The van der Waals surface area contributed by atoms with Gasteiger partial charge in [0, 0.05) is 42.9 Å². The Morgan fingerprint density at radius 2 is 1.65 bits per heavy atom. The van der Waals surface area contributed by atoms with Gasteiger partial charge in [0.1, 0.15) is 5.82 Å². The van der Waals surface area contributed by atoms with Gasteiger partial charge in [-0.25, -0.2) is 13.2 Å². The van der Waals surface area contributed by atoms with Gasteiger partial charge in [-0.3, -0.25) is 14.4 Å². The summed E-state index contributed by atoms with van der Waals surface area (Å²) in [5.74, 6) is -6.59. The summed E-state index contributed by atoms with van der Waals surface area (Å²) < 4.78 is 61.3. The first-order chi connectivity index (χ1) is 24.5. The van der Waals surface area contributed by atoms with E-state index in [1.807, 2.05) is 24.3 Å². The van der Waals surface area contributed by atoms with Gasteiger partial charge < -0.3 is 30.1 Å². The number of aliphatic hydroxyl groups excluding tert-OH is 1. The fourth-order valence-electron chi connectivity index (χ4n) is 6.86. The first-order valence-electron chi connectivity index (χ1n) is 17.0. The predicted octanol–water partition coefficient (Wildman–Crippen LogP) is 5.00. The van der Waals surface area contributed by atoms with Crippen LogP contribution in [0.4, 0.5) is 17.6 Å². The number of rotatable bonds is 14. The van der Waals surface area contributed by atoms with Crippen LogP contribution in [0, 0.1) is 23.3 Å². The number of carbonyl (C=O) groups is 3. The Kier molecular flexibility index (Phi) is 11.1. The lowest BCUT2D eigenvalue weighted by molar-refractivity contribution is -0.141. The molecular formula is C38H39F4N3O6. The highest BCUT2D eigenvalue weighted by Gasteiger charge is 2.43. The topological polar surface area (TPSA) is 119 Å². The zero-order valence-electron chi connectivity index (χ0n) is 27.8. The third kappa shape index (κ3) is 8.59. The largest absolute Gasteiger partial charge is 0.488 e. The minimum absolute atomic E-state index is 0.0422. The van der Waals surface area contributed by atoms with E-state index < -0.39 is 59.5 Å². The molecule has 2 aliphatic heterocycles. The van der Waals surface area contributed by atoms with Crippen LogP contribution in [0.3, 0.4) is 0 Å². The molecule has 2 amide bonds. The van der Waals surface area contributed by atoms with Gasteiger partial charge in [-0.2, -0.15) is 4.39 Å². The van der Waals surface area contributed by atoms with Crippen molar-refractivity contribution in [1.29, 1.82) is 0 Å². The van der Waals surface area contributed by atoms with Crippen LogP contribution in [-0.2, 0) is 27.3 Å². The van der Waals surface area contributed by atoms with Crippen molar-refractivity contribution < 1.29 is 46.9 Å². The molecular weight excluding hydrogens is 670 g/mol. The van der Waals surface area contributed by atoms with E-state index in [0.29, 0.717) is 43.0 Å². The summed E-state index contributed by atoms with van der Waals surface area (Å²) in [6.07, 6.45) is 0.612. The number of aryl methyl sites for hydroxylation is 1. The van der Waals surface area contributed by atoms with Gasteiger partial charge in [-0.1, -0.05) is 42.5 Å². The number of fused-ring (bicyclic) bond motifs is 2. The summed E-state index contributed by atoms with van der Waals surface area (Å²) in [5, 5.41) is 22.7. The SMILES string of the molecule is O=C(O)C[C@@H](O)CC(=O)N1C[C@H]2CC(c3ccc(CCCOc4c(F)ccc(F)c4F)cc3)=C(C(=O)N(Cc3ccccc3F)C3CC3)[C@@H](C1)N2. The number of carbonyl (C=O) groups excluding carboxylic acids is 2. The second-order valence-corrected chi connectivity index (χ2v) is 13.3. The Morgan fingerprint density at radius 3 is 2.35 bits per heavy atom. The van der Waals surface area contributed by atoms with Gasteiger partial charge >= 0.3 is 5.97 Å². The monoisotopic (exact) mass is 709 g/mol. The third-order valence-electron chi connectivity index (χ3n) is 9.52. The summed E-state index contributed by atoms with van der Waals surface area (Å²) in [6.45, 7) is 0.464. The molecule has 0 spiro atoms. The molecule has 1 saturated carbocycles. The first-order valence-corrected chi connectivity index (χ1v) is 17.0. The van der Waals surface area contributed by atoms with Crippen molar-refractivity contribution in [3.05, 3.63) is 106 Å². The van der Waals surface area contributed by atoms with E-state index in [9.17, 15) is 37.1 Å². The number of aliphatic carboxylic acids is 1. The smallest absolute Gasteiger partial charge is 0.305 e. The second-order valence-electron chi connectivity index (χ2n) is 13.3. The number of nitrogens with one attached hydrogen (secondary N) is 1. The maximum atomic E-state index is 14.8. The normalized spacial score (nSPS) is 19.1. The molecule has 13 heteroatoms. The zero-order valence-corrected chi connectivity index (χ0v) is 27.8. The van der Waals surface area contributed by atoms with Crippen LogP contribution < -0.4 is 10.1 Å². The number of piperazine rings is 1. The molecule has 1 saturated heterocycles. The fourth-order valence-corrected chi connectivity index (χ4v) is 6.86. The van der Waals surface area contributed by atoms with Crippen molar-refractivity contribution in [2.45, 2.75) is 75.7 Å². The molecule has 2 fully saturated rings. The molecule has 2 bridgehead atoms. The van der Waals surface area contributed by atoms with Crippen molar-refractivity contribution >= 4 is 23.4 Å². The molecule has 51 heavy (non-hydrogen) atoms. The van der Waals surface area contributed by atoms with E-state index in [-0.39, 0.29) is 44.1 Å². The first kappa shape index (κ1) is 36.1. The predicted molar refractivity (Wildman–Crippen MR) is 178 cm³/mol. The summed E-state index contributed by atoms with van der Waals surface area (Å²) in [4.78, 5) is 42.1. The van der Waals surface area contributed by atoms with E-state index >= 15 is 0 Å². The van der Waals surface area contributed by atoms with Crippen LogP contribution in [0.1, 0.15) is 55.2 Å². The van der Waals surface area contributed by atoms with Crippen LogP contribution in [-0.4, -0.2) is 81.7 Å². The van der Waals surface area contributed by atoms with Gasteiger partial charge in [0.05, 0.1) is 31.6 Å². The van der Waals surface area contributed by atoms with E-state index in [4.69, 9.17) is 9.84 Å². The summed E-state index contributed by atoms with van der Waals surface area (Å²) in [6, 6.07) is 14.6. The van der Waals surface area contributed by atoms with Gasteiger partial charge in [-0.05, 0) is 67.0 Å². The minimum Gasteiger partial charge on any atom is -0.488 e. The van der Waals surface area contributed by atoms with Crippen LogP contribution in [0.15, 0.2) is 66.2 Å². The lowest BCUT2D eigenvalue weighted by atomic mass is 9.82. The lowest BCUT2D eigenvalue weighted by Crippen LogP contribution is -2.62. The Balaban J connectivity index is 1.23. The number of hydrogen-bond acceptors (Lipinski definition) is 6. The van der Waals surface area contributed by atoms with E-state index in [2.05, 4.69) is 5.32 Å². The van der Waals surface area contributed by atoms with Gasteiger partial charge in [0.2, 0.25) is 11.7 Å². The van der Waals surface area contributed by atoms with Crippen molar-refractivity contribution in [1.82, 2.24) is 15.1 Å². The molecule has 3 N–H and O–H groups in total. The Hall–Kier alpha value is -4.75. The highest BCUT2D eigenvalue weighted by atomic mass is 19.2. The quantitative estimate of drug-likeness (QED) is 0.123. The molecule has 6 rings (SSSR count). The van der Waals surface area contributed by atoms with Crippen molar-refractivity contribution in [3.8, 4) is 5.75 Å². The summed E-state index contributed by atoms with van der Waals surface area (Å²) in [5.41, 5.74) is 3.37.